The number of likely N-dealkylation sites (tertiary alicyclic amines) is 1. The number of piperidine rings is 1. The smallest absolute Gasteiger partial charge is 0.410 e. The fraction of sp³-hybridized carbons (Fsp3) is 0.533. The zero-order valence-corrected chi connectivity index (χ0v) is 25.0. The number of aromatic hydroxyl groups is 2. The second-order valence-electron chi connectivity index (χ2n) is 12.3. The van der Waals surface area contributed by atoms with Crippen molar-refractivity contribution in [2.45, 2.75) is 70.9 Å². The van der Waals surface area contributed by atoms with Crippen molar-refractivity contribution < 1.29 is 43.2 Å². The summed E-state index contributed by atoms with van der Waals surface area (Å²) in [6.07, 6.45) is 0.243. The second kappa shape index (κ2) is 11.0. The first-order valence-electron chi connectivity index (χ1n) is 14.2. The van der Waals surface area contributed by atoms with Crippen LogP contribution in [0, 0.1) is 6.92 Å². The van der Waals surface area contributed by atoms with E-state index in [1.807, 2.05) is 0 Å². The van der Waals surface area contributed by atoms with Gasteiger partial charge >= 0.3 is 6.09 Å². The molecular formula is C30H37N3O10. The van der Waals surface area contributed by atoms with E-state index in [1.54, 1.807) is 34.7 Å². The Hall–Kier alpha value is -4.42. The first kappa shape index (κ1) is 30.1. The molecule has 1 saturated heterocycles. The molecule has 13 nitrogen and oxygen atoms in total. The predicted molar refractivity (Wildman–Crippen MR) is 151 cm³/mol. The van der Waals surface area contributed by atoms with Crippen LogP contribution in [0.4, 0.5) is 4.79 Å². The third-order valence-corrected chi connectivity index (χ3v) is 8.12. The average Bonchev–Trinajstić information content (AvgIpc) is 3.42. The summed E-state index contributed by atoms with van der Waals surface area (Å²) in [4.78, 5) is 54.8. The minimum atomic E-state index is -1.09. The van der Waals surface area contributed by atoms with Gasteiger partial charge in [0.1, 0.15) is 11.4 Å². The van der Waals surface area contributed by atoms with Gasteiger partial charge in [0.2, 0.25) is 29.6 Å². The Balaban J connectivity index is 1.41. The van der Waals surface area contributed by atoms with Crippen molar-refractivity contribution in [3.63, 3.8) is 0 Å². The Labute approximate surface area is 248 Å². The van der Waals surface area contributed by atoms with Gasteiger partial charge < -0.3 is 44.0 Å². The van der Waals surface area contributed by atoms with E-state index in [9.17, 15) is 29.4 Å². The highest BCUT2D eigenvalue weighted by molar-refractivity contribution is 6.01. The number of phenolic OH excluding ortho intramolecular Hbond substituents is 1. The highest BCUT2D eigenvalue weighted by atomic mass is 16.7. The first-order valence-corrected chi connectivity index (χ1v) is 14.2. The summed E-state index contributed by atoms with van der Waals surface area (Å²) >= 11 is 0. The molecule has 0 aliphatic carbocycles. The molecule has 3 aliphatic rings. The van der Waals surface area contributed by atoms with Gasteiger partial charge in [-0.05, 0) is 52.5 Å². The number of hydrogen-bond donors (Lipinski definition) is 3. The number of ether oxygens (including phenoxy) is 3. The highest BCUT2D eigenvalue weighted by Gasteiger charge is 2.45. The topological polar surface area (TPSA) is 168 Å². The lowest BCUT2D eigenvalue weighted by atomic mass is 9.72. The van der Waals surface area contributed by atoms with Gasteiger partial charge in [0, 0.05) is 56.7 Å². The van der Waals surface area contributed by atoms with Crippen LogP contribution in [0.2, 0.25) is 0 Å². The van der Waals surface area contributed by atoms with Crippen LogP contribution < -0.4 is 20.2 Å². The molecule has 0 atom stereocenters. The molecule has 232 valence electrons. The van der Waals surface area contributed by atoms with Crippen LogP contribution in [0.5, 0.6) is 23.0 Å². The largest absolute Gasteiger partial charge is 0.504 e. The lowest BCUT2D eigenvalue weighted by molar-refractivity contribution is -0.123. The van der Waals surface area contributed by atoms with E-state index in [-0.39, 0.29) is 85.9 Å². The number of amides is 3. The quantitative estimate of drug-likeness (QED) is 0.465. The number of benzene rings is 1. The summed E-state index contributed by atoms with van der Waals surface area (Å²) in [6.45, 7) is 7.59. The van der Waals surface area contributed by atoms with Crippen LogP contribution in [0.1, 0.15) is 73.0 Å². The maximum absolute atomic E-state index is 13.6. The molecule has 5 rings (SSSR count). The number of fused-ring (bicyclic) bond motifs is 2. The van der Waals surface area contributed by atoms with E-state index in [4.69, 9.17) is 18.6 Å². The monoisotopic (exact) mass is 599 g/mol. The maximum Gasteiger partial charge on any atom is 0.410 e. The van der Waals surface area contributed by atoms with Gasteiger partial charge in [-0.15, -0.1) is 0 Å². The van der Waals surface area contributed by atoms with Crippen LogP contribution in [-0.2, 0) is 27.9 Å². The average molecular weight is 600 g/mol. The van der Waals surface area contributed by atoms with Crippen molar-refractivity contribution in [2.75, 3.05) is 33.5 Å². The molecule has 0 bridgehead atoms. The van der Waals surface area contributed by atoms with Crippen LogP contribution in [-0.4, -0.2) is 77.0 Å². The van der Waals surface area contributed by atoms with Crippen molar-refractivity contribution in [1.82, 2.24) is 15.1 Å². The molecular weight excluding hydrogens is 562 g/mol. The summed E-state index contributed by atoms with van der Waals surface area (Å²) in [5.41, 5.74) is -1.16. The number of likely N-dealkylation sites (N-methyl/N-ethyl adjacent to an activating group) is 1. The molecule has 1 aromatic heterocycles. The predicted octanol–water partition coefficient (Wildman–Crippen LogP) is 2.69. The van der Waals surface area contributed by atoms with Crippen molar-refractivity contribution >= 4 is 17.9 Å². The number of hydrogen-bond acceptors (Lipinski definition) is 10. The number of rotatable bonds is 5. The molecule has 43 heavy (non-hydrogen) atoms. The molecule has 13 heteroatoms. The van der Waals surface area contributed by atoms with Gasteiger partial charge in [0.15, 0.2) is 17.3 Å². The molecule has 1 fully saturated rings. The minimum Gasteiger partial charge on any atom is -0.504 e. The van der Waals surface area contributed by atoms with Crippen molar-refractivity contribution in [3.05, 3.63) is 44.5 Å². The maximum atomic E-state index is 13.6. The summed E-state index contributed by atoms with van der Waals surface area (Å²) < 4.78 is 22.5. The van der Waals surface area contributed by atoms with E-state index in [2.05, 4.69) is 5.32 Å². The van der Waals surface area contributed by atoms with Crippen LogP contribution >= 0.6 is 0 Å². The van der Waals surface area contributed by atoms with Gasteiger partial charge in [-0.1, -0.05) is 0 Å². The molecule has 4 heterocycles. The molecule has 0 spiro atoms. The molecule has 3 aliphatic heterocycles. The molecule has 0 radical (unpaired) electrons. The zero-order chi connectivity index (χ0) is 31.3. The van der Waals surface area contributed by atoms with Gasteiger partial charge in [-0.3, -0.25) is 14.4 Å². The van der Waals surface area contributed by atoms with Crippen LogP contribution in [0.15, 0.2) is 15.3 Å². The number of carbonyl (C=O) groups is 3. The second-order valence-corrected chi connectivity index (χ2v) is 12.3. The van der Waals surface area contributed by atoms with E-state index in [0.29, 0.717) is 24.1 Å². The van der Waals surface area contributed by atoms with Crippen LogP contribution in [0.25, 0.3) is 0 Å². The Morgan fingerprint density at radius 3 is 2.42 bits per heavy atom. The molecule has 0 saturated carbocycles. The fourth-order valence-electron chi connectivity index (χ4n) is 5.94. The molecule has 3 amide bonds. The lowest BCUT2D eigenvalue weighted by Gasteiger charge is -2.41. The summed E-state index contributed by atoms with van der Waals surface area (Å²) in [5.74, 6) is -0.999. The standard InChI is InChI=1S/C30H37N3O10/c1-16-12-19(34)22(36)26(42-16)30(7-10-33(11-8-30)28(39)43-29(2,3)4)13-20(35)31-14-18-17-6-9-32(5)27(38)21(17)23(37)25-24(18)40-15-41-25/h12,36-37H,6-11,13-15H2,1-5H3,(H,31,35). The number of aryl methyl sites for hydroxylation is 1. The van der Waals surface area contributed by atoms with Gasteiger partial charge in [-0.2, -0.15) is 0 Å². The minimum absolute atomic E-state index is 0.00441. The van der Waals surface area contributed by atoms with E-state index in [0.717, 1.165) is 0 Å². The summed E-state index contributed by atoms with van der Waals surface area (Å²) in [5, 5.41) is 24.4. The third-order valence-electron chi connectivity index (χ3n) is 8.12. The Morgan fingerprint density at radius 1 is 1.07 bits per heavy atom. The highest BCUT2D eigenvalue weighted by Crippen LogP contribution is 2.49. The molecule has 2 aromatic rings. The van der Waals surface area contributed by atoms with Crippen LogP contribution in [0.3, 0.4) is 0 Å². The number of carbonyl (C=O) groups excluding carboxylic acids is 3. The Bertz CT molecular complexity index is 1530. The Kier molecular flexibility index (Phi) is 7.69. The zero-order valence-electron chi connectivity index (χ0n) is 25.0. The van der Waals surface area contributed by atoms with E-state index >= 15 is 0 Å². The molecule has 0 unspecified atom stereocenters. The normalized spacial score (nSPS) is 17.5. The van der Waals surface area contributed by atoms with Gasteiger partial charge in [0.05, 0.1) is 5.56 Å². The van der Waals surface area contributed by atoms with E-state index < -0.39 is 34.2 Å². The summed E-state index contributed by atoms with van der Waals surface area (Å²) in [7, 11) is 1.64. The fourth-order valence-corrected chi connectivity index (χ4v) is 5.94. The summed E-state index contributed by atoms with van der Waals surface area (Å²) in [6, 6.07) is 1.18. The number of nitrogens with one attached hydrogen (secondary N) is 1. The van der Waals surface area contributed by atoms with Crippen molar-refractivity contribution in [3.8, 4) is 23.0 Å². The van der Waals surface area contributed by atoms with Crippen molar-refractivity contribution in [1.29, 1.82) is 0 Å². The SMILES string of the molecule is Cc1cc(=O)c(O)c(C2(CC(=O)NCc3c4c(c(O)c5c3OCO5)C(=O)N(C)CC4)CCN(C(=O)OC(C)(C)C)CC2)o1. The molecule has 1 aromatic carbocycles. The Morgan fingerprint density at radius 2 is 1.74 bits per heavy atom. The third kappa shape index (κ3) is 5.67. The molecule has 3 N–H and O–H groups in total. The van der Waals surface area contributed by atoms with E-state index in [1.165, 1.54) is 15.9 Å². The van der Waals surface area contributed by atoms with Gasteiger partial charge in [-0.25, -0.2) is 4.79 Å². The first-order chi connectivity index (χ1) is 20.2. The van der Waals surface area contributed by atoms with Gasteiger partial charge in [0.25, 0.3) is 5.91 Å². The number of nitrogens with zero attached hydrogens (tertiary/aromatic N) is 2. The lowest BCUT2D eigenvalue weighted by Crippen LogP contribution is -2.48. The number of phenols is 1. The van der Waals surface area contributed by atoms with Crippen molar-refractivity contribution in [2.24, 2.45) is 0 Å².